The van der Waals surface area contributed by atoms with Crippen molar-refractivity contribution >= 4 is 0 Å². The normalized spacial score (nSPS) is 30.5. The van der Waals surface area contributed by atoms with Gasteiger partial charge in [0, 0.05) is 19.1 Å². The first-order valence-electron chi connectivity index (χ1n) is 5.56. The van der Waals surface area contributed by atoms with Crippen molar-refractivity contribution in [2.24, 2.45) is 5.73 Å². The third-order valence-electron chi connectivity index (χ3n) is 3.15. The maximum Gasteiger partial charge on any atom is 0.0836 e. The van der Waals surface area contributed by atoms with E-state index in [-0.39, 0.29) is 12.1 Å². The van der Waals surface area contributed by atoms with Gasteiger partial charge in [0.1, 0.15) is 0 Å². The van der Waals surface area contributed by atoms with Crippen molar-refractivity contribution in [1.82, 2.24) is 4.90 Å². The van der Waals surface area contributed by atoms with Gasteiger partial charge < -0.3 is 10.8 Å². The van der Waals surface area contributed by atoms with Gasteiger partial charge in [0.2, 0.25) is 0 Å². The molecular formula is C13H18N2O. The number of aliphatic hydroxyl groups is 1. The van der Waals surface area contributed by atoms with Gasteiger partial charge in [-0.05, 0) is 5.56 Å². The first-order valence-corrected chi connectivity index (χ1v) is 5.56. The number of benzene rings is 1. The molecule has 0 spiro atoms. The standard InChI is InChI=1S/C13H18N2O/c1-2-11-13(14)12(16)9-15(11)8-10-6-4-3-5-7-10/h2-7,11-13,16H,1,8-9,14H2/t11-,12+,13+/m0/s1. The number of hydrogen-bond acceptors (Lipinski definition) is 3. The van der Waals surface area contributed by atoms with Crippen LogP contribution in [0.3, 0.4) is 0 Å². The largest absolute Gasteiger partial charge is 0.390 e. The highest BCUT2D eigenvalue weighted by Gasteiger charge is 2.36. The van der Waals surface area contributed by atoms with Gasteiger partial charge in [0.05, 0.1) is 12.1 Å². The minimum absolute atomic E-state index is 0.0650. The molecule has 2 rings (SSSR count). The molecule has 0 unspecified atom stereocenters. The average molecular weight is 218 g/mol. The van der Waals surface area contributed by atoms with Crippen LogP contribution in [0.2, 0.25) is 0 Å². The molecule has 1 heterocycles. The molecule has 16 heavy (non-hydrogen) atoms. The predicted octanol–water partition coefficient (Wildman–Crippen LogP) is 0.745. The fourth-order valence-electron chi connectivity index (χ4n) is 2.25. The van der Waals surface area contributed by atoms with Crippen molar-refractivity contribution in [2.45, 2.75) is 24.7 Å². The van der Waals surface area contributed by atoms with E-state index >= 15 is 0 Å². The molecule has 3 N–H and O–H groups in total. The summed E-state index contributed by atoms with van der Waals surface area (Å²) in [6.07, 6.45) is 1.37. The van der Waals surface area contributed by atoms with Crippen LogP contribution in [0.15, 0.2) is 43.0 Å². The van der Waals surface area contributed by atoms with Crippen LogP contribution >= 0.6 is 0 Å². The Morgan fingerprint density at radius 2 is 2.12 bits per heavy atom. The fourth-order valence-corrected chi connectivity index (χ4v) is 2.25. The first kappa shape index (κ1) is 11.3. The third kappa shape index (κ3) is 2.16. The van der Waals surface area contributed by atoms with Crippen LogP contribution in [0.25, 0.3) is 0 Å². The molecule has 1 saturated heterocycles. The van der Waals surface area contributed by atoms with E-state index in [0.717, 1.165) is 6.54 Å². The van der Waals surface area contributed by atoms with Gasteiger partial charge in [-0.3, -0.25) is 4.90 Å². The van der Waals surface area contributed by atoms with Crippen molar-refractivity contribution in [2.75, 3.05) is 6.54 Å². The smallest absolute Gasteiger partial charge is 0.0836 e. The molecule has 1 aliphatic heterocycles. The van der Waals surface area contributed by atoms with Crippen LogP contribution in [-0.4, -0.2) is 34.7 Å². The summed E-state index contributed by atoms with van der Waals surface area (Å²) in [6, 6.07) is 10.0. The van der Waals surface area contributed by atoms with E-state index in [1.165, 1.54) is 5.56 Å². The fraction of sp³-hybridized carbons (Fsp3) is 0.385. The molecule has 1 aliphatic rings. The lowest BCUT2D eigenvalue weighted by Crippen LogP contribution is -2.40. The second kappa shape index (κ2) is 4.78. The van der Waals surface area contributed by atoms with E-state index in [4.69, 9.17) is 5.73 Å². The number of aliphatic hydroxyl groups excluding tert-OH is 1. The maximum absolute atomic E-state index is 9.73. The summed E-state index contributed by atoms with van der Waals surface area (Å²) in [6.45, 7) is 5.21. The Morgan fingerprint density at radius 3 is 2.75 bits per heavy atom. The average Bonchev–Trinajstić information content (AvgIpc) is 2.56. The van der Waals surface area contributed by atoms with E-state index in [2.05, 4.69) is 23.6 Å². The Kier molecular flexibility index (Phi) is 3.39. The predicted molar refractivity (Wildman–Crippen MR) is 64.8 cm³/mol. The van der Waals surface area contributed by atoms with Crippen LogP contribution in [0, 0.1) is 0 Å². The summed E-state index contributed by atoms with van der Waals surface area (Å²) in [5.41, 5.74) is 7.15. The van der Waals surface area contributed by atoms with Gasteiger partial charge in [0.15, 0.2) is 0 Å². The number of β-amino-alcohol motifs (C(OH)–C–C–N with tert-alkyl or cyclic N) is 1. The zero-order chi connectivity index (χ0) is 11.5. The minimum atomic E-state index is -0.452. The maximum atomic E-state index is 9.73. The Balaban J connectivity index is 2.08. The lowest BCUT2D eigenvalue weighted by Gasteiger charge is -2.23. The highest BCUT2D eigenvalue weighted by molar-refractivity contribution is 5.16. The lowest BCUT2D eigenvalue weighted by atomic mass is 10.1. The molecule has 3 atom stereocenters. The molecule has 0 aromatic heterocycles. The Hall–Kier alpha value is -1.16. The third-order valence-corrected chi connectivity index (χ3v) is 3.15. The number of nitrogens with two attached hydrogens (primary N) is 1. The Bertz CT molecular complexity index is 352. The lowest BCUT2D eigenvalue weighted by molar-refractivity contribution is 0.164. The molecule has 0 radical (unpaired) electrons. The molecule has 1 aromatic carbocycles. The van der Waals surface area contributed by atoms with E-state index in [0.29, 0.717) is 6.54 Å². The molecule has 0 saturated carbocycles. The van der Waals surface area contributed by atoms with Crippen molar-refractivity contribution in [3.8, 4) is 0 Å². The quantitative estimate of drug-likeness (QED) is 0.736. The van der Waals surface area contributed by atoms with Crippen molar-refractivity contribution < 1.29 is 5.11 Å². The number of likely N-dealkylation sites (tertiary alicyclic amines) is 1. The van der Waals surface area contributed by atoms with Crippen LogP contribution in [0.1, 0.15) is 5.56 Å². The number of nitrogens with zero attached hydrogens (tertiary/aromatic N) is 1. The van der Waals surface area contributed by atoms with Gasteiger partial charge in [-0.15, -0.1) is 6.58 Å². The highest BCUT2D eigenvalue weighted by atomic mass is 16.3. The topological polar surface area (TPSA) is 49.5 Å². The van der Waals surface area contributed by atoms with Crippen LogP contribution in [0.5, 0.6) is 0 Å². The SMILES string of the molecule is C=C[C@H]1[C@@H](N)[C@H](O)CN1Cc1ccccc1. The van der Waals surface area contributed by atoms with E-state index in [9.17, 15) is 5.11 Å². The Morgan fingerprint density at radius 1 is 1.44 bits per heavy atom. The van der Waals surface area contributed by atoms with E-state index in [1.807, 2.05) is 24.3 Å². The monoisotopic (exact) mass is 218 g/mol. The zero-order valence-electron chi connectivity index (χ0n) is 9.29. The van der Waals surface area contributed by atoms with Crippen LogP contribution < -0.4 is 5.73 Å². The summed E-state index contributed by atoms with van der Waals surface area (Å²) >= 11 is 0. The van der Waals surface area contributed by atoms with Gasteiger partial charge >= 0.3 is 0 Å². The van der Waals surface area contributed by atoms with Crippen molar-refractivity contribution in [3.05, 3.63) is 48.6 Å². The van der Waals surface area contributed by atoms with Crippen molar-refractivity contribution in [1.29, 1.82) is 0 Å². The molecule has 86 valence electrons. The molecule has 0 aliphatic carbocycles. The number of rotatable bonds is 3. The van der Waals surface area contributed by atoms with Crippen molar-refractivity contribution in [3.63, 3.8) is 0 Å². The molecule has 3 nitrogen and oxygen atoms in total. The van der Waals surface area contributed by atoms with Gasteiger partial charge in [-0.25, -0.2) is 0 Å². The summed E-state index contributed by atoms with van der Waals surface area (Å²) in [4.78, 5) is 2.16. The van der Waals surface area contributed by atoms with Crippen LogP contribution in [-0.2, 0) is 6.54 Å². The second-order valence-electron chi connectivity index (χ2n) is 4.29. The van der Waals surface area contributed by atoms with E-state index in [1.54, 1.807) is 0 Å². The molecular weight excluding hydrogens is 200 g/mol. The molecule has 1 aromatic rings. The molecule has 0 bridgehead atoms. The summed E-state index contributed by atoms with van der Waals surface area (Å²) in [5.74, 6) is 0. The number of hydrogen-bond donors (Lipinski definition) is 2. The summed E-state index contributed by atoms with van der Waals surface area (Å²) < 4.78 is 0. The molecule has 1 fully saturated rings. The summed E-state index contributed by atoms with van der Waals surface area (Å²) in [7, 11) is 0. The summed E-state index contributed by atoms with van der Waals surface area (Å²) in [5, 5.41) is 9.73. The highest BCUT2D eigenvalue weighted by Crippen LogP contribution is 2.20. The Labute approximate surface area is 96.2 Å². The molecule has 0 amide bonds. The zero-order valence-corrected chi connectivity index (χ0v) is 9.29. The van der Waals surface area contributed by atoms with E-state index < -0.39 is 6.10 Å². The van der Waals surface area contributed by atoms with Gasteiger partial charge in [0.25, 0.3) is 0 Å². The second-order valence-corrected chi connectivity index (χ2v) is 4.29. The van der Waals surface area contributed by atoms with Gasteiger partial charge in [-0.2, -0.15) is 0 Å². The first-order chi connectivity index (χ1) is 7.72. The molecule has 3 heteroatoms. The van der Waals surface area contributed by atoms with Crippen LogP contribution in [0.4, 0.5) is 0 Å². The van der Waals surface area contributed by atoms with Gasteiger partial charge in [-0.1, -0.05) is 36.4 Å². The minimum Gasteiger partial charge on any atom is -0.390 e.